The molecule has 3 rings (SSSR count). The van der Waals surface area contributed by atoms with Crippen molar-refractivity contribution < 1.29 is 24.1 Å². The molecule has 4 N–H and O–H groups in total. The van der Waals surface area contributed by atoms with Crippen LogP contribution in [-0.2, 0) is 4.74 Å². The van der Waals surface area contributed by atoms with E-state index in [9.17, 15) is 9.90 Å². The standard InChI is InChI=1S/C20H30BrN3O5/c1-27-7-3-2-5-24-6-4-13(16(25)12-24)11-23-20(26)14-10-15(22)17(21)19-18(14)28-8-9-29-19/h10,13,16,25H,2-9,11-12,22H2,1H3,(H,23,26)/t13-,16?/m0/s1. The highest BCUT2D eigenvalue weighted by Crippen LogP contribution is 2.43. The zero-order chi connectivity index (χ0) is 20.8. The summed E-state index contributed by atoms with van der Waals surface area (Å²) in [5, 5.41) is 13.4. The Morgan fingerprint density at radius 2 is 2.14 bits per heavy atom. The molecule has 9 heteroatoms. The number of ether oxygens (including phenoxy) is 3. The van der Waals surface area contributed by atoms with E-state index < -0.39 is 6.10 Å². The number of anilines is 1. The van der Waals surface area contributed by atoms with E-state index in [0.717, 1.165) is 39.0 Å². The van der Waals surface area contributed by atoms with Gasteiger partial charge in [-0.25, -0.2) is 0 Å². The van der Waals surface area contributed by atoms with Crippen LogP contribution in [0.25, 0.3) is 0 Å². The van der Waals surface area contributed by atoms with E-state index in [4.69, 9.17) is 19.9 Å². The van der Waals surface area contributed by atoms with Crippen LogP contribution in [0.5, 0.6) is 11.5 Å². The Hall–Kier alpha value is -1.55. The Labute approximate surface area is 179 Å². The van der Waals surface area contributed by atoms with Crippen LogP contribution in [0.3, 0.4) is 0 Å². The number of nitrogens with two attached hydrogens (primary N) is 1. The molecule has 1 aromatic carbocycles. The molecule has 1 saturated heterocycles. The highest BCUT2D eigenvalue weighted by Gasteiger charge is 2.29. The topological polar surface area (TPSA) is 106 Å². The van der Waals surface area contributed by atoms with Gasteiger partial charge in [0.1, 0.15) is 13.2 Å². The quantitative estimate of drug-likeness (QED) is 0.390. The number of aliphatic hydroxyl groups is 1. The first-order valence-corrected chi connectivity index (χ1v) is 10.9. The first-order valence-electron chi connectivity index (χ1n) is 10.1. The third-order valence-corrected chi connectivity index (χ3v) is 6.25. The molecule has 1 unspecified atom stereocenters. The molecule has 1 aromatic rings. The Morgan fingerprint density at radius 1 is 1.38 bits per heavy atom. The lowest BCUT2D eigenvalue weighted by Crippen LogP contribution is -2.47. The zero-order valence-corrected chi connectivity index (χ0v) is 18.4. The van der Waals surface area contributed by atoms with Gasteiger partial charge in [-0.05, 0) is 54.3 Å². The normalized spacial score (nSPS) is 21.8. The van der Waals surface area contributed by atoms with Gasteiger partial charge < -0.3 is 35.3 Å². The van der Waals surface area contributed by atoms with E-state index in [2.05, 4.69) is 26.1 Å². The predicted octanol–water partition coefficient (Wildman–Crippen LogP) is 1.64. The smallest absolute Gasteiger partial charge is 0.255 e. The predicted molar refractivity (Wildman–Crippen MR) is 114 cm³/mol. The Morgan fingerprint density at radius 3 is 2.86 bits per heavy atom. The van der Waals surface area contributed by atoms with Crippen LogP contribution in [0.1, 0.15) is 29.6 Å². The van der Waals surface area contributed by atoms with Gasteiger partial charge in [0.15, 0.2) is 11.5 Å². The van der Waals surface area contributed by atoms with Crippen LogP contribution < -0.4 is 20.5 Å². The van der Waals surface area contributed by atoms with Crippen LogP contribution >= 0.6 is 15.9 Å². The molecule has 29 heavy (non-hydrogen) atoms. The monoisotopic (exact) mass is 471 g/mol. The van der Waals surface area contributed by atoms with Crippen molar-refractivity contribution in [3.8, 4) is 11.5 Å². The number of nitrogens with one attached hydrogen (secondary N) is 1. The second kappa shape index (κ2) is 10.5. The van der Waals surface area contributed by atoms with E-state index in [1.165, 1.54) is 0 Å². The molecule has 2 heterocycles. The van der Waals surface area contributed by atoms with Crippen LogP contribution in [0.2, 0.25) is 0 Å². The number of methoxy groups -OCH3 is 1. The summed E-state index contributed by atoms with van der Waals surface area (Å²) in [5.41, 5.74) is 6.77. The van der Waals surface area contributed by atoms with Crippen molar-refractivity contribution in [2.45, 2.75) is 25.4 Å². The van der Waals surface area contributed by atoms with E-state index in [-0.39, 0.29) is 11.8 Å². The minimum atomic E-state index is -0.463. The average molecular weight is 472 g/mol. The molecule has 2 atom stereocenters. The number of amides is 1. The molecule has 1 amide bonds. The van der Waals surface area contributed by atoms with Gasteiger partial charge in [-0.1, -0.05) is 0 Å². The fourth-order valence-corrected chi connectivity index (χ4v) is 4.16. The molecule has 0 bridgehead atoms. The lowest BCUT2D eigenvalue weighted by molar-refractivity contribution is 0.0209. The van der Waals surface area contributed by atoms with Gasteiger partial charge in [-0.2, -0.15) is 0 Å². The Bertz CT molecular complexity index is 718. The van der Waals surface area contributed by atoms with E-state index in [1.807, 2.05) is 0 Å². The number of halogens is 1. The van der Waals surface area contributed by atoms with Crippen LogP contribution in [0, 0.1) is 5.92 Å². The van der Waals surface area contributed by atoms with Gasteiger partial charge in [-0.3, -0.25) is 4.79 Å². The van der Waals surface area contributed by atoms with Crippen molar-refractivity contribution >= 4 is 27.5 Å². The number of carbonyl (C=O) groups is 1. The third kappa shape index (κ3) is 5.53. The molecule has 0 aliphatic carbocycles. The number of rotatable bonds is 8. The molecule has 2 aliphatic heterocycles. The maximum atomic E-state index is 12.8. The summed E-state index contributed by atoms with van der Waals surface area (Å²) in [6.07, 6.45) is 2.45. The summed E-state index contributed by atoms with van der Waals surface area (Å²) in [7, 11) is 1.71. The summed E-state index contributed by atoms with van der Waals surface area (Å²) in [6.45, 7) is 4.47. The summed E-state index contributed by atoms with van der Waals surface area (Å²) < 4.78 is 16.9. The number of benzene rings is 1. The molecule has 0 radical (unpaired) electrons. The molecule has 8 nitrogen and oxygen atoms in total. The number of carbonyl (C=O) groups excluding carboxylic acids is 1. The molecular weight excluding hydrogens is 442 g/mol. The van der Waals surface area contributed by atoms with Gasteiger partial charge in [-0.15, -0.1) is 0 Å². The number of unbranched alkanes of at least 4 members (excludes halogenated alkanes) is 1. The third-order valence-electron chi connectivity index (χ3n) is 5.43. The summed E-state index contributed by atoms with van der Waals surface area (Å²) in [6, 6.07) is 1.59. The van der Waals surface area contributed by atoms with Crippen molar-refractivity contribution in [1.29, 1.82) is 0 Å². The molecule has 0 aromatic heterocycles. The Balaban J connectivity index is 1.53. The lowest BCUT2D eigenvalue weighted by atomic mass is 9.93. The first-order chi connectivity index (χ1) is 14.0. The van der Waals surface area contributed by atoms with E-state index in [0.29, 0.717) is 53.5 Å². The van der Waals surface area contributed by atoms with Gasteiger partial charge in [0.25, 0.3) is 5.91 Å². The van der Waals surface area contributed by atoms with Crippen molar-refractivity contribution in [1.82, 2.24) is 10.2 Å². The molecule has 1 fully saturated rings. The van der Waals surface area contributed by atoms with Crippen molar-refractivity contribution in [2.75, 3.05) is 58.8 Å². The number of fused-ring (bicyclic) bond motifs is 1. The first kappa shape index (κ1) is 22.1. The van der Waals surface area contributed by atoms with Crippen molar-refractivity contribution in [3.05, 3.63) is 16.1 Å². The van der Waals surface area contributed by atoms with Crippen molar-refractivity contribution in [3.63, 3.8) is 0 Å². The highest BCUT2D eigenvalue weighted by atomic mass is 79.9. The van der Waals surface area contributed by atoms with E-state index in [1.54, 1.807) is 13.2 Å². The molecule has 0 saturated carbocycles. The largest absolute Gasteiger partial charge is 0.485 e. The number of β-amino-alcohol motifs (C(OH)–C–C–N with tert-alkyl or cyclic N) is 1. The number of aliphatic hydroxyl groups excluding tert-OH is 1. The van der Waals surface area contributed by atoms with Gasteiger partial charge in [0, 0.05) is 32.7 Å². The number of hydrogen-bond acceptors (Lipinski definition) is 7. The minimum absolute atomic E-state index is 0.0231. The number of nitrogen functional groups attached to an aromatic ring is 1. The number of nitrogens with zero attached hydrogens (tertiary/aromatic N) is 1. The van der Waals surface area contributed by atoms with Gasteiger partial charge in [0.2, 0.25) is 0 Å². The van der Waals surface area contributed by atoms with Crippen molar-refractivity contribution in [2.24, 2.45) is 5.92 Å². The molecule has 162 valence electrons. The fourth-order valence-electron chi connectivity index (χ4n) is 3.75. The minimum Gasteiger partial charge on any atom is -0.485 e. The SMILES string of the molecule is COCCCCN1CC[C@@H](CNC(=O)c2cc(N)c(Br)c3c2OCCO3)C(O)C1. The Kier molecular flexibility index (Phi) is 7.99. The van der Waals surface area contributed by atoms with Gasteiger partial charge >= 0.3 is 0 Å². The highest BCUT2D eigenvalue weighted by molar-refractivity contribution is 9.10. The van der Waals surface area contributed by atoms with Crippen LogP contribution in [0.4, 0.5) is 5.69 Å². The molecule has 2 aliphatic rings. The maximum Gasteiger partial charge on any atom is 0.255 e. The van der Waals surface area contributed by atoms with Gasteiger partial charge in [0.05, 0.1) is 21.8 Å². The number of piperidine rings is 1. The fraction of sp³-hybridized carbons (Fsp3) is 0.650. The number of hydrogen-bond donors (Lipinski definition) is 3. The molecular formula is C20H30BrN3O5. The second-order valence-corrected chi connectivity index (χ2v) is 8.30. The van der Waals surface area contributed by atoms with Crippen LogP contribution in [-0.4, -0.2) is 75.1 Å². The van der Waals surface area contributed by atoms with Crippen LogP contribution in [0.15, 0.2) is 10.5 Å². The lowest BCUT2D eigenvalue weighted by Gasteiger charge is -2.36. The number of likely N-dealkylation sites (tertiary alicyclic amines) is 1. The van der Waals surface area contributed by atoms with E-state index >= 15 is 0 Å². The average Bonchev–Trinajstić information content (AvgIpc) is 2.73. The molecule has 0 spiro atoms. The zero-order valence-electron chi connectivity index (χ0n) is 16.8. The second-order valence-electron chi connectivity index (χ2n) is 7.51. The summed E-state index contributed by atoms with van der Waals surface area (Å²) in [4.78, 5) is 15.0. The maximum absolute atomic E-state index is 12.8. The summed E-state index contributed by atoms with van der Waals surface area (Å²) >= 11 is 3.38. The summed E-state index contributed by atoms with van der Waals surface area (Å²) in [5.74, 6) is 0.611.